The molecule has 2 aromatic rings. The summed E-state index contributed by atoms with van der Waals surface area (Å²) in [6, 6.07) is 5.51. The maximum absolute atomic E-state index is 13.3. The van der Waals surface area contributed by atoms with Gasteiger partial charge in [0.1, 0.15) is 11.9 Å². The Hall–Kier alpha value is -2.32. The lowest BCUT2D eigenvalue weighted by atomic mass is 10.2. The number of nitrogens with zero attached hydrogens (tertiary/aromatic N) is 2. The van der Waals surface area contributed by atoms with Crippen molar-refractivity contribution in [1.82, 2.24) is 20.8 Å². The molecular weight excluding hydrogens is 315 g/mol. The molecular formula is C16H19FN4O3. The van der Waals surface area contributed by atoms with Crippen LogP contribution in [0, 0.1) is 5.82 Å². The summed E-state index contributed by atoms with van der Waals surface area (Å²) < 4.78 is 23.7. The molecule has 0 bridgehead atoms. The summed E-state index contributed by atoms with van der Waals surface area (Å²) in [6.07, 6.45) is 0.315. The van der Waals surface area contributed by atoms with E-state index < -0.39 is 6.04 Å². The molecule has 1 aliphatic heterocycles. The maximum Gasteiger partial charge on any atom is 0.249 e. The van der Waals surface area contributed by atoms with E-state index in [0.29, 0.717) is 25.2 Å². The Bertz CT molecular complexity index is 700. The van der Waals surface area contributed by atoms with Gasteiger partial charge in [0.15, 0.2) is 0 Å². The van der Waals surface area contributed by atoms with E-state index in [4.69, 9.17) is 9.26 Å². The van der Waals surface area contributed by atoms with Gasteiger partial charge in [-0.3, -0.25) is 4.79 Å². The molecule has 0 spiro atoms. The quantitative estimate of drug-likeness (QED) is 0.860. The van der Waals surface area contributed by atoms with Crippen molar-refractivity contribution >= 4 is 5.91 Å². The summed E-state index contributed by atoms with van der Waals surface area (Å²) in [5.74, 6) is 0.0572. The van der Waals surface area contributed by atoms with E-state index in [1.165, 1.54) is 12.1 Å². The molecule has 0 aliphatic carbocycles. The van der Waals surface area contributed by atoms with Crippen molar-refractivity contribution in [3.63, 3.8) is 0 Å². The molecule has 1 fully saturated rings. The van der Waals surface area contributed by atoms with Crippen LogP contribution in [0.4, 0.5) is 4.39 Å². The minimum Gasteiger partial charge on any atom is -0.378 e. The second kappa shape index (κ2) is 7.50. The van der Waals surface area contributed by atoms with Gasteiger partial charge in [-0.05, 0) is 19.1 Å². The molecule has 128 valence electrons. The number of carbonyl (C=O) groups excluding carboxylic acids is 1. The van der Waals surface area contributed by atoms with Gasteiger partial charge in [0.05, 0.1) is 13.2 Å². The zero-order chi connectivity index (χ0) is 16.9. The molecule has 1 aromatic heterocycles. The molecule has 1 saturated heterocycles. The number of benzene rings is 1. The maximum atomic E-state index is 13.3. The molecule has 0 radical (unpaired) electrons. The van der Waals surface area contributed by atoms with Crippen LogP contribution in [0.15, 0.2) is 28.8 Å². The van der Waals surface area contributed by atoms with E-state index in [-0.39, 0.29) is 29.5 Å². The molecule has 1 aliphatic rings. The standard InChI is InChI=1S/C16H19FN4O3/c1-10(19-14(22)8-13-9-23-6-5-18-13)16-20-15(21-24-16)11-3-2-4-12(17)7-11/h2-4,7,10,13,18H,5-6,8-9H2,1H3,(H,19,22). The predicted molar refractivity (Wildman–Crippen MR) is 83.5 cm³/mol. The zero-order valence-corrected chi connectivity index (χ0v) is 13.3. The van der Waals surface area contributed by atoms with E-state index in [0.717, 1.165) is 6.54 Å². The van der Waals surface area contributed by atoms with Crippen LogP contribution >= 0.6 is 0 Å². The van der Waals surface area contributed by atoms with Crippen molar-refractivity contribution in [3.8, 4) is 11.4 Å². The molecule has 7 nitrogen and oxygen atoms in total. The van der Waals surface area contributed by atoms with E-state index in [2.05, 4.69) is 20.8 Å². The number of hydrogen-bond acceptors (Lipinski definition) is 6. The molecule has 0 saturated carbocycles. The van der Waals surface area contributed by atoms with Gasteiger partial charge in [-0.2, -0.15) is 4.98 Å². The minimum absolute atomic E-state index is 0.0106. The first-order chi connectivity index (χ1) is 11.6. The van der Waals surface area contributed by atoms with Crippen LogP contribution in [0.1, 0.15) is 25.3 Å². The highest BCUT2D eigenvalue weighted by Gasteiger charge is 2.21. The van der Waals surface area contributed by atoms with Crippen molar-refractivity contribution in [2.45, 2.75) is 25.4 Å². The van der Waals surface area contributed by atoms with Gasteiger partial charge in [0.25, 0.3) is 0 Å². The van der Waals surface area contributed by atoms with Crippen molar-refractivity contribution in [2.75, 3.05) is 19.8 Å². The molecule has 2 unspecified atom stereocenters. The summed E-state index contributed by atoms with van der Waals surface area (Å²) in [4.78, 5) is 16.3. The summed E-state index contributed by atoms with van der Waals surface area (Å²) >= 11 is 0. The first kappa shape index (κ1) is 16.5. The summed E-state index contributed by atoms with van der Waals surface area (Å²) in [7, 11) is 0. The van der Waals surface area contributed by atoms with Gasteiger partial charge in [-0.1, -0.05) is 17.3 Å². The van der Waals surface area contributed by atoms with Gasteiger partial charge in [-0.15, -0.1) is 0 Å². The largest absolute Gasteiger partial charge is 0.378 e. The third-order valence-corrected chi connectivity index (χ3v) is 3.70. The summed E-state index contributed by atoms with van der Waals surface area (Å²) in [5, 5.41) is 9.87. The third kappa shape index (κ3) is 4.15. The number of morpholine rings is 1. The highest BCUT2D eigenvalue weighted by atomic mass is 19.1. The van der Waals surface area contributed by atoms with Crippen LogP contribution in [0.2, 0.25) is 0 Å². The van der Waals surface area contributed by atoms with E-state index in [1.54, 1.807) is 19.1 Å². The van der Waals surface area contributed by atoms with Crippen LogP contribution < -0.4 is 10.6 Å². The molecule has 8 heteroatoms. The van der Waals surface area contributed by atoms with Crippen LogP contribution in [-0.2, 0) is 9.53 Å². The normalized spacial score (nSPS) is 19.0. The highest BCUT2D eigenvalue weighted by Crippen LogP contribution is 2.19. The lowest BCUT2D eigenvalue weighted by molar-refractivity contribution is -0.123. The SMILES string of the molecule is CC(NC(=O)CC1COCCN1)c1nc(-c2cccc(F)c2)no1. The molecule has 3 rings (SSSR count). The van der Waals surface area contributed by atoms with Crippen molar-refractivity contribution in [2.24, 2.45) is 0 Å². The second-order valence-electron chi connectivity index (χ2n) is 5.69. The average molecular weight is 334 g/mol. The van der Waals surface area contributed by atoms with Gasteiger partial charge in [-0.25, -0.2) is 4.39 Å². The molecule has 24 heavy (non-hydrogen) atoms. The number of amides is 1. The van der Waals surface area contributed by atoms with Crippen molar-refractivity contribution < 1.29 is 18.4 Å². The Balaban J connectivity index is 1.59. The predicted octanol–water partition coefficient (Wildman–Crippen LogP) is 1.43. The Morgan fingerprint density at radius 3 is 3.17 bits per heavy atom. The van der Waals surface area contributed by atoms with E-state index in [9.17, 15) is 9.18 Å². The van der Waals surface area contributed by atoms with Gasteiger partial charge in [0, 0.05) is 24.6 Å². The fourth-order valence-corrected chi connectivity index (χ4v) is 2.49. The first-order valence-electron chi connectivity index (χ1n) is 7.82. The van der Waals surface area contributed by atoms with Gasteiger partial charge in [0.2, 0.25) is 17.6 Å². The van der Waals surface area contributed by atoms with Crippen molar-refractivity contribution in [1.29, 1.82) is 0 Å². The number of hydrogen-bond donors (Lipinski definition) is 2. The minimum atomic E-state index is -0.434. The smallest absolute Gasteiger partial charge is 0.249 e. The van der Waals surface area contributed by atoms with E-state index in [1.807, 2.05) is 0 Å². The first-order valence-corrected chi connectivity index (χ1v) is 7.82. The lowest BCUT2D eigenvalue weighted by Crippen LogP contribution is -2.44. The van der Waals surface area contributed by atoms with Crippen LogP contribution in [-0.4, -0.2) is 41.8 Å². The summed E-state index contributed by atoms with van der Waals surface area (Å²) in [6.45, 7) is 3.69. The highest BCUT2D eigenvalue weighted by molar-refractivity contribution is 5.77. The molecule has 1 amide bonds. The number of nitrogens with one attached hydrogen (secondary N) is 2. The Kier molecular flexibility index (Phi) is 5.17. The van der Waals surface area contributed by atoms with Crippen LogP contribution in [0.25, 0.3) is 11.4 Å². The number of carbonyl (C=O) groups is 1. The monoisotopic (exact) mass is 334 g/mol. The van der Waals surface area contributed by atoms with Gasteiger partial charge >= 0.3 is 0 Å². The topological polar surface area (TPSA) is 89.3 Å². The molecule has 2 N–H and O–H groups in total. The number of halogens is 1. The van der Waals surface area contributed by atoms with Crippen LogP contribution in [0.3, 0.4) is 0 Å². The fourth-order valence-electron chi connectivity index (χ4n) is 2.49. The fraction of sp³-hybridized carbons (Fsp3) is 0.438. The van der Waals surface area contributed by atoms with E-state index >= 15 is 0 Å². The van der Waals surface area contributed by atoms with Crippen LogP contribution in [0.5, 0.6) is 0 Å². The average Bonchev–Trinajstić information content (AvgIpc) is 3.06. The third-order valence-electron chi connectivity index (χ3n) is 3.70. The number of rotatable bonds is 5. The number of aromatic nitrogens is 2. The molecule has 2 heterocycles. The lowest BCUT2D eigenvalue weighted by Gasteiger charge is -2.23. The summed E-state index contributed by atoms with van der Waals surface area (Å²) in [5.41, 5.74) is 0.520. The van der Waals surface area contributed by atoms with Crippen molar-refractivity contribution in [3.05, 3.63) is 36.0 Å². The Morgan fingerprint density at radius 1 is 1.54 bits per heavy atom. The van der Waals surface area contributed by atoms with Gasteiger partial charge < -0.3 is 19.9 Å². The number of ether oxygens (including phenoxy) is 1. The molecule has 2 atom stereocenters. The molecule has 1 aromatic carbocycles. The Morgan fingerprint density at radius 2 is 2.42 bits per heavy atom. The Labute approximate surface area is 138 Å². The second-order valence-corrected chi connectivity index (χ2v) is 5.69. The zero-order valence-electron chi connectivity index (χ0n) is 13.3.